The van der Waals surface area contributed by atoms with Gasteiger partial charge >= 0.3 is 6.03 Å². The van der Waals surface area contributed by atoms with Crippen LogP contribution in [-0.2, 0) is 0 Å². The molecule has 0 saturated heterocycles. The quantitative estimate of drug-likeness (QED) is 0.383. The van der Waals surface area contributed by atoms with Crippen LogP contribution >= 0.6 is 11.8 Å². The fourth-order valence-electron chi connectivity index (χ4n) is 1.15. The molecule has 19 heavy (non-hydrogen) atoms. The van der Waals surface area contributed by atoms with E-state index in [1.54, 1.807) is 22.6 Å². The first kappa shape index (κ1) is 15.0. The molecular weight excluding hydrogens is 260 g/mol. The van der Waals surface area contributed by atoms with E-state index in [4.69, 9.17) is 0 Å². The van der Waals surface area contributed by atoms with Crippen molar-refractivity contribution in [3.63, 3.8) is 0 Å². The van der Waals surface area contributed by atoms with Crippen molar-refractivity contribution in [3.8, 4) is 0 Å². The molecule has 0 radical (unpaired) electrons. The molecule has 2 amide bonds. The predicted octanol–water partition coefficient (Wildman–Crippen LogP) is 1.87. The van der Waals surface area contributed by atoms with Gasteiger partial charge in [0.05, 0.1) is 0 Å². The number of carbonyl (C=O) groups excluding carboxylic acids is 1. The average Bonchev–Trinajstić information content (AvgIpc) is 2.49. The zero-order chi connectivity index (χ0) is 13.9. The number of rotatable bonds is 2. The predicted molar refractivity (Wildman–Crippen MR) is 77.0 cm³/mol. The largest absolute Gasteiger partial charge is 0.343 e. The Morgan fingerprint density at radius 1 is 0.789 bits per heavy atom. The molecular formula is C13H16N4OS. The summed E-state index contributed by atoms with van der Waals surface area (Å²) in [5.41, 5.74) is 3.48. The van der Waals surface area contributed by atoms with Crippen LogP contribution in [0.4, 0.5) is 4.79 Å². The zero-order valence-electron chi connectivity index (χ0n) is 10.2. The lowest BCUT2D eigenvalue weighted by Crippen LogP contribution is -2.43. The number of amides is 2. The van der Waals surface area contributed by atoms with Crippen LogP contribution in [-0.4, -0.2) is 6.03 Å². The van der Waals surface area contributed by atoms with Gasteiger partial charge < -0.3 is 0 Å². The summed E-state index contributed by atoms with van der Waals surface area (Å²) >= 11 is 1.79. The van der Waals surface area contributed by atoms with Gasteiger partial charge in [-0.1, -0.05) is 48.2 Å². The highest BCUT2D eigenvalue weighted by molar-refractivity contribution is 7.99. The molecule has 0 aliphatic carbocycles. The monoisotopic (exact) mass is 276 g/mol. The molecule has 0 aliphatic rings. The van der Waals surface area contributed by atoms with Gasteiger partial charge in [-0.25, -0.2) is 16.5 Å². The van der Waals surface area contributed by atoms with Gasteiger partial charge in [-0.15, -0.1) is 0 Å². The van der Waals surface area contributed by atoms with Gasteiger partial charge in [0, 0.05) is 9.79 Å². The van der Waals surface area contributed by atoms with Gasteiger partial charge in [0.15, 0.2) is 0 Å². The van der Waals surface area contributed by atoms with Gasteiger partial charge in [-0.2, -0.15) is 0 Å². The minimum absolute atomic E-state index is 0.602. The SMILES string of the molecule is NNC(=O)NN.c1ccc(Sc2ccccc2)cc1. The summed E-state index contributed by atoms with van der Waals surface area (Å²) in [6, 6.07) is 20.2. The minimum Gasteiger partial charge on any atom is -0.275 e. The summed E-state index contributed by atoms with van der Waals surface area (Å²) in [4.78, 5) is 12.3. The van der Waals surface area contributed by atoms with E-state index in [0.717, 1.165) is 0 Å². The van der Waals surface area contributed by atoms with E-state index >= 15 is 0 Å². The summed E-state index contributed by atoms with van der Waals surface area (Å²) in [5, 5.41) is 0. The number of carbonyl (C=O) groups is 1. The van der Waals surface area contributed by atoms with Crippen molar-refractivity contribution in [2.45, 2.75) is 9.79 Å². The summed E-state index contributed by atoms with van der Waals surface area (Å²) in [5.74, 6) is 9.08. The highest BCUT2D eigenvalue weighted by atomic mass is 32.2. The molecule has 0 atom stereocenters. The van der Waals surface area contributed by atoms with Crippen LogP contribution in [0.15, 0.2) is 70.5 Å². The van der Waals surface area contributed by atoms with Gasteiger partial charge in [0.25, 0.3) is 0 Å². The van der Waals surface area contributed by atoms with Gasteiger partial charge in [-0.3, -0.25) is 10.9 Å². The Kier molecular flexibility index (Phi) is 7.11. The highest BCUT2D eigenvalue weighted by Gasteiger charge is 1.93. The molecule has 0 saturated carbocycles. The van der Waals surface area contributed by atoms with Crippen molar-refractivity contribution in [1.82, 2.24) is 10.9 Å². The van der Waals surface area contributed by atoms with Crippen molar-refractivity contribution in [3.05, 3.63) is 60.7 Å². The van der Waals surface area contributed by atoms with Gasteiger partial charge in [0.1, 0.15) is 0 Å². The lowest BCUT2D eigenvalue weighted by Gasteiger charge is -1.99. The fourth-order valence-corrected chi connectivity index (χ4v) is 2.01. The number of nitrogens with two attached hydrogens (primary N) is 2. The Labute approximate surface area is 116 Å². The first-order valence-electron chi connectivity index (χ1n) is 5.51. The Morgan fingerprint density at radius 2 is 1.16 bits per heavy atom. The molecule has 0 aliphatic heterocycles. The molecule has 0 spiro atoms. The van der Waals surface area contributed by atoms with Crippen LogP contribution < -0.4 is 22.5 Å². The summed E-state index contributed by atoms with van der Waals surface area (Å²) < 4.78 is 0. The van der Waals surface area contributed by atoms with E-state index in [0.29, 0.717) is 0 Å². The van der Waals surface area contributed by atoms with Crippen LogP contribution in [0.3, 0.4) is 0 Å². The minimum atomic E-state index is -0.602. The molecule has 0 heterocycles. The maximum Gasteiger partial charge on any atom is 0.343 e. The van der Waals surface area contributed by atoms with Crippen LogP contribution in [0.25, 0.3) is 0 Å². The normalized spacial score (nSPS) is 8.95. The van der Waals surface area contributed by atoms with Crippen LogP contribution in [0, 0.1) is 0 Å². The molecule has 0 bridgehead atoms. The smallest absolute Gasteiger partial charge is 0.275 e. The van der Waals surface area contributed by atoms with Gasteiger partial charge in [0.2, 0.25) is 0 Å². The lowest BCUT2D eigenvalue weighted by atomic mass is 10.4. The van der Waals surface area contributed by atoms with E-state index in [-0.39, 0.29) is 0 Å². The van der Waals surface area contributed by atoms with Crippen molar-refractivity contribution in [2.75, 3.05) is 0 Å². The Balaban J connectivity index is 0.000000258. The van der Waals surface area contributed by atoms with Crippen molar-refractivity contribution >= 4 is 17.8 Å². The third-order valence-electron chi connectivity index (χ3n) is 1.98. The molecule has 100 valence electrons. The second-order valence-corrected chi connectivity index (χ2v) is 4.49. The Morgan fingerprint density at radius 3 is 1.42 bits per heavy atom. The number of nitrogens with one attached hydrogen (secondary N) is 2. The molecule has 0 unspecified atom stereocenters. The number of hydrogen-bond acceptors (Lipinski definition) is 4. The van der Waals surface area contributed by atoms with Gasteiger partial charge in [-0.05, 0) is 24.3 Å². The summed E-state index contributed by atoms with van der Waals surface area (Å²) in [6.07, 6.45) is 0. The number of benzene rings is 2. The van der Waals surface area contributed by atoms with E-state index in [1.165, 1.54) is 9.79 Å². The van der Waals surface area contributed by atoms with Crippen LogP contribution in [0.2, 0.25) is 0 Å². The maximum atomic E-state index is 9.71. The third kappa shape index (κ3) is 6.46. The van der Waals surface area contributed by atoms with E-state index < -0.39 is 6.03 Å². The zero-order valence-corrected chi connectivity index (χ0v) is 11.1. The molecule has 2 aromatic carbocycles. The number of urea groups is 1. The topological polar surface area (TPSA) is 93.2 Å². The van der Waals surface area contributed by atoms with Crippen molar-refractivity contribution < 1.29 is 4.79 Å². The molecule has 0 aromatic heterocycles. The second-order valence-electron chi connectivity index (χ2n) is 3.35. The highest BCUT2D eigenvalue weighted by Crippen LogP contribution is 2.26. The van der Waals surface area contributed by atoms with Crippen LogP contribution in [0.5, 0.6) is 0 Å². The van der Waals surface area contributed by atoms with E-state index in [1.807, 2.05) is 12.1 Å². The Bertz CT molecular complexity index is 435. The standard InChI is InChI=1S/C12H10S.CH6N4O/c1-3-7-11(8-4-1)13-12-9-5-2-6-10-12;2-4-1(6)5-3/h1-10H;2-3H2,(H2,4,5,6). The van der Waals surface area contributed by atoms with Crippen LogP contribution in [0.1, 0.15) is 0 Å². The maximum absolute atomic E-state index is 9.71. The first-order valence-corrected chi connectivity index (χ1v) is 6.33. The molecule has 6 N–H and O–H groups in total. The average molecular weight is 276 g/mol. The second kappa shape index (κ2) is 8.98. The molecule has 5 nitrogen and oxygen atoms in total. The van der Waals surface area contributed by atoms with E-state index in [9.17, 15) is 4.79 Å². The Hall–Kier alpha value is -2.02. The fraction of sp³-hybridized carbons (Fsp3) is 0. The summed E-state index contributed by atoms with van der Waals surface area (Å²) in [6.45, 7) is 0. The first-order chi connectivity index (χ1) is 9.26. The molecule has 6 heteroatoms. The van der Waals surface area contributed by atoms with E-state index in [2.05, 4.69) is 60.2 Å². The summed E-state index contributed by atoms with van der Waals surface area (Å²) in [7, 11) is 0. The molecule has 2 aromatic rings. The van der Waals surface area contributed by atoms with Crippen molar-refractivity contribution in [1.29, 1.82) is 0 Å². The number of hydrogen-bond donors (Lipinski definition) is 4. The third-order valence-corrected chi connectivity index (χ3v) is 3.00. The number of hydrazine groups is 2. The van der Waals surface area contributed by atoms with Crippen molar-refractivity contribution in [2.24, 2.45) is 11.7 Å². The molecule has 0 fully saturated rings. The molecule has 2 rings (SSSR count). The lowest BCUT2D eigenvalue weighted by molar-refractivity contribution is 0.241.